The van der Waals surface area contributed by atoms with E-state index < -0.39 is 0 Å². The van der Waals surface area contributed by atoms with Crippen LogP contribution in [0.3, 0.4) is 0 Å². The van der Waals surface area contributed by atoms with E-state index in [0.717, 1.165) is 9.90 Å². The van der Waals surface area contributed by atoms with Crippen molar-refractivity contribution in [3.8, 4) is 0 Å². The number of aromatic nitrogens is 1. The van der Waals surface area contributed by atoms with Crippen LogP contribution >= 0.6 is 23.1 Å². The predicted octanol–water partition coefficient (Wildman–Crippen LogP) is 3.29. The monoisotopic (exact) mass is 322 g/mol. The molecule has 0 aromatic carbocycles. The highest BCUT2D eigenvalue weighted by Crippen LogP contribution is 2.24. The van der Waals surface area contributed by atoms with E-state index in [1.807, 2.05) is 12.3 Å². The first-order valence-electron chi connectivity index (χ1n) is 6.52. The number of ether oxygens (including phenoxy) is 1. The quantitative estimate of drug-likeness (QED) is 0.829. The molecule has 2 aromatic heterocycles. The molecule has 0 saturated heterocycles. The zero-order valence-corrected chi connectivity index (χ0v) is 13.9. The van der Waals surface area contributed by atoms with Crippen molar-refractivity contribution in [2.75, 3.05) is 19.9 Å². The van der Waals surface area contributed by atoms with E-state index in [-0.39, 0.29) is 12.0 Å². The molecule has 2 rings (SSSR count). The molecule has 0 saturated carbocycles. The lowest BCUT2D eigenvalue weighted by molar-refractivity contribution is 0.0835. The Kier molecular flexibility index (Phi) is 5.78. The number of carbonyl (C=O) groups is 1. The second-order valence-electron chi connectivity index (χ2n) is 4.44. The van der Waals surface area contributed by atoms with Gasteiger partial charge in [-0.3, -0.25) is 4.79 Å². The van der Waals surface area contributed by atoms with E-state index in [4.69, 9.17) is 4.74 Å². The first-order chi connectivity index (χ1) is 10.2. The van der Waals surface area contributed by atoms with Gasteiger partial charge in [0.25, 0.3) is 5.91 Å². The van der Waals surface area contributed by atoms with Gasteiger partial charge in [0.05, 0.1) is 5.56 Å². The maximum Gasteiger partial charge on any atom is 0.254 e. The Hall–Kier alpha value is -1.37. The molecule has 21 heavy (non-hydrogen) atoms. The minimum atomic E-state index is -0.123. The summed E-state index contributed by atoms with van der Waals surface area (Å²) >= 11 is 3.15. The Morgan fingerprint density at radius 3 is 2.90 bits per heavy atom. The molecule has 2 aromatic rings. The normalized spacial score (nSPS) is 12.1. The number of pyridine rings is 1. The highest BCUT2D eigenvalue weighted by atomic mass is 32.2. The minimum Gasteiger partial charge on any atom is -0.374 e. The van der Waals surface area contributed by atoms with Crippen molar-refractivity contribution in [2.45, 2.75) is 18.1 Å². The van der Waals surface area contributed by atoms with Crippen LogP contribution in [0.15, 0.2) is 35.5 Å². The zero-order valence-electron chi connectivity index (χ0n) is 12.3. The third-order valence-electron chi connectivity index (χ3n) is 3.02. The van der Waals surface area contributed by atoms with E-state index in [2.05, 4.69) is 23.3 Å². The fraction of sp³-hybridized carbons (Fsp3) is 0.333. The summed E-state index contributed by atoms with van der Waals surface area (Å²) in [6.07, 6.45) is 3.47. The molecule has 0 bridgehead atoms. The van der Waals surface area contributed by atoms with Gasteiger partial charge in [0, 0.05) is 29.6 Å². The number of carbonyl (C=O) groups excluding carboxylic acids is 1. The van der Waals surface area contributed by atoms with Gasteiger partial charge in [-0.2, -0.15) is 0 Å². The minimum absolute atomic E-state index is 0.122. The lowest BCUT2D eigenvalue weighted by atomic mass is 10.2. The molecule has 0 aliphatic carbocycles. The maximum atomic E-state index is 12.3. The average Bonchev–Trinajstić information content (AvgIpc) is 2.94. The highest BCUT2D eigenvalue weighted by molar-refractivity contribution is 7.98. The Morgan fingerprint density at radius 2 is 2.29 bits per heavy atom. The number of methoxy groups -OCH3 is 1. The lowest BCUT2D eigenvalue weighted by Crippen LogP contribution is -2.29. The fourth-order valence-corrected chi connectivity index (χ4v) is 3.44. The summed E-state index contributed by atoms with van der Waals surface area (Å²) in [7, 11) is 1.66. The van der Waals surface area contributed by atoms with E-state index in [1.165, 1.54) is 16.6 Å². The second-order valence-corrected chi connectivity index (χ2v) is 6.56. The van der Waals surface area contributed by atoms with E-state index in [9.17, 15) is 4.79 Å². The lowest BCUT2D eigenvalue weighted by Gasteiger charge is -2.15. The zero-order chi connectivity index (χ0) is 15.2. The van der Waals surface area contributed by atoms with Crippen LogP contribution in [-0.4, -0.2) is 30.8 Å². The van der Waals surface area contributed by atoms with Crippen molar-refractivity contribution in [3.63, 3.8) is 0 Å². The Bertz CT molecular complexity index is 613. The summed E-state index contributed by atoms with van der Waals surface area (Å²) in [4.78, 5) is 18.8. The van der Waals surface area contributed by atoms with E-state index in [1.54, 1.807) is 36.8 Å². The Balaban J connectivity index is 2.02. The maximum absolute atomic E-state index is 12.3. The van der Waals surface area contributed by atoms with Crippen molar-refractivity contribution in [2.24, 2.45) is 0 Å². The van der Waals surface area contributed by atoms with Crippen molar-refractivity contribution in [1.82, 2.24) is 10.3 Å². The van der Waals surface area contributed by atoms with Crippen LogP contribution in [0.5, 0.6) is 0 Å². The highest BCUT2D eigenvalue weighted by Gasteiger charge is 2.16. The van der Waals surface area contributed by atoms with Crippen molar-refractivity contribution in [3.05, 3.63) is 45.8 Å². The molecule has 1 amide bonds. The molecule has 1 unspecified atom stereocenters. The molecule has 1 N–H and O–H groups in total. The van der Waals surface area contributed by atoms with Gasteiger partial charge in [-0.05, 0) is 37.4 Å². The second kappa shape index (κ2) is 7.59. The van der Waals surface area contributed by atoms with Gasteiger partial charge in [0.2, 0.25) is 0 Å². The predicted molar refractivity (Wildman–Crippen MR) is 87.2 cm³/mol. The largest absolute Gasteiger partial charge is 0.374 e. The number of nitrogens with zero attached hydrogens (tertiary/aromatic N) is 1. The van der Waals surface area contributed by atoms with Crippen LogP contribution in [0.4, 0.5) is 0 Å². The number of rotatable bonds is 6. The van der Waals surface area contributed by atoms with Crippen LogP contribution in [0.25, 0.3) is 0 Å². The molecule has 112 valence electrons. The van der Waals surface area contributed by atoms with Crippen LogP contribution in [-0.2, 0) is 4.74 Å². The van der Waals surface area contributed by atoms with Crippen molar-refractivity contribution >= 4 is 29.0 Å². The number of thioether (sulfide) groups is 1. The molecular weight excluding hydrogens is 304 g/mol. The number of thiophene rings is 1. The molecule has 6 heteroatoms. The molecule has 0 aliphatic heterocycles. The summed E-state index contributed by atoms with van der Waals surface area (Å²) in [5.41, 5.74) is 0.599. The molecule has 0 radical (unpaired) electrons. The number of amides is 1. The van der Waals surface area contributed by atoms with Gasteiger partial charge >= 0.3 is 0 Å². The summed E-state index contributed by atoms with van der Waals surface area (Å²) < 4.78 is 5.47. The number of hydrogen-bond donors (Lipinski definition) is 1. The van der Waals surface area contributed by atoms with Crippen LogP contribution in [0.2, 0.25) is 0 Å². The molecule has 2 heterocycles. The smallest absolute Gasteiger partial charge is 0.254 e. The third-order valence-corrected chi connectivity index (χ3v) is 4.82. The molecule has 4 nitrogen and oxygen atoms in total. The van der Waals surface area contributed by atoms with Crippen LogP contribution < -0.4 is 5.32 Å². The first kappa shape index (κ1) is 16.0. The topological polar surface area (TPSA) is 51.2 Å². The standard InChI is InChI=1S/C15H18N2O2S2/c1-10-6-7-13(21-10)12(19-2)9-17-14(18)11-5-4-8-16-15(11)20-3/h4-8,12H,9H2,1-3H3,(H,17,18). The summed E-state index contributed by atoms with van der Waals surface area (Å²) in [6, 6.07) is 7.65. The average molecular weight is 322 g/mol. The summed E-state index contributed by atoms with van der Waals surface area (Å²) in [6.45, 7) is 2.50. The van der Waals surface area contributed by atoms with Gasteiger partial charge in [0.1, 0.15) is 11.1 Å². The molecular formula is C15H18N2O2S2. The fourth-order valence-electron chi connectivity index (χ4n) is 1.93. The van der Waals surface area contributed by atoms with Gasteiger partial charge in [0.15, 0.2) is 0 Å². The van der Waals surface area contributed by atoms with Gasteiger partial charge in [-0.25, -0.2) is 4.98 Å². The van der Waals surface area contributed by atoms with E-state index >= 15 is 0 Å². The summed E-state index contributed by atoms with van der Waals surface area (Å²) in [5, 5.41) is 3.65. The molecule has 0 spiro atoms. The third kappa shape index (κ3) is 4.06. The van der Waals surface area contributed by atoms with Gasteiger partial charge in [-0.15, -0.1) is 23.1 Å². The Labute approximate surface area is 132 Å². The molecule has 0 aliphatic rings. The SMILES string of the molecule is COC(CNC(=O)c1cccnc1SC)c1ccc(C)s1. The first-order valence-corrected chi connectivity index (χ1v) is 8.56. The van der Waals surface area contributed by atoms with Gasteiger partial charge < -0.3 is 10.1 Å². The van der Waals surface area contributed by atoms with Crippen molar-refractivity contribution < 1.29 is 9.53 Å². The number of aryl methyl sites for hydroxylation is 1. The molecule has 1 atom stereocenters. The van der Waals surface area contributed by atoms with Gasteiger partial charge in [-0.1, -0.05) is 0 Å². The number of hydrogen-bond acceptors (Lipinski definition) is 5. The Morgan fingerprint density at radius 1 is 1.48 bits per heavy atom. The molecule has 0 fully saturated rings. The number of nitrogens with one attached hydrogen (secondary N) is 1. The van der Waals surface area contributed by atoms with Crippen LogP contribution in [0.1, 0.15) is 26.2 Å². The summed E-state index contributed by atoms with van der Waals surface area (Å²) in [5.74, 6) is -0.122. The van der Waals surface area contributed by atoms with E-state index in [0.29, 0.717) is 12.1 Å². The van der Waals surface area contributed by atoms with Crippen LogP contribution in [0, 0.1) is 6.92 Å². The van der Waals surface area contributed by atoms with Crippen molar-refractivity contribution in [1.29, 1.82) is 0 Å².